The average molecular weight is 376 g/mol. The summed E-state index contributed by atoms with van der Waals surface area (Å²) in [6.45, 7) is 1.71. The van der Waals surface area contributed by atoms with Crippen molar-refractivity contribution in [3.63, 3.8) is 0 Å². The summed E-state index contributed by atoms with van der Waals surface area (Å²) in [6.07, 6.45) is 4.34. The molecule has 1 aliphatic carbocycles. The molecule has 4 rings (SSSR count). The van der Waals surface area contributed by atoms with E-state index in [0.29, 0.717) is 12.4 Å². The van der Waals surface area contributed by atoms with Crippen LogP contribution in [0.5, 0.6) is 5.75 Å². The molecule has 0 saturated heterocycles. The smallest absolute Gasteiger partial charge is 0.273 e. The van der Waals surface area contributed by atoms with Gasteiger partial charge < -0.3 is 9.64 Å². The molecular formula is C22H24N4O2. The van der Waals surface area contributed by atoms with Gasteiger partial charge in [0.1, 0.15) is 5.75 Å². The Balaban J connectivity index is 1.62. The van der Waals surface area contributed by atoms with E-state index in [0.717, 1.165) is 48.4 Å². The highest BCUT2D eigenvalue weighted by atomic mass is 16.5. The van der Waals surface area contributed by atoms with Crippen LogP contribution in [0.1, 0.15) is 17.5 Å². The molecule has 2 aromatic heterocycles. The monoisotopic (exact) mass is 376 g/mol. The molecule has 0 saturated carbocycles. The van der Waals surface area contributed by atoms with Crippen molar-refractivity contribution in [3.05, 3.63) is 70.1 Å². The van der Waals surface area contributed by atoms with Gasteiger partial charge in [0.15, 0.2) is 5.82 Å². The van der Waals surface area contributed by atoms with Gasteiger partial charge in [0, 0.05) is 24.4 Å². The fourth-order valence-corrected chi connectivity index (χ4v) is 3.49. The van der Waals surface area contributed by atoms with E-state index >= 15 is 0 Å². The molecule has 0 spiro atoms. The average Bonchev–Trinajstić information content (AvgIpc) is 2.71. The maximum Gasteiger partial charge on any atom is 0.273 e. The second kappa shape index (κ2) is 7.94. The van der Waals surface area contributed by atoms with Gasteiger partial charge in [0.05, 0.1) is 12.3 Å². The van der Waals surface area contributed by atoms with Crippen LogP contribution in [-0.4, -0.2) is 46.9 Å². The van der Waals surface area contributed by atoms with E-state index in [-0.39, 0.29) is 5.56 Å². The van der Waals surface area contributed by atoms with Gasteiger partial charge in [-0.1, -0.05) is 6.07 Å². The van der Waals surface area contributed by atoms with E-state index in [4.69, 9.17) is 4.74 Å². The Labute approximate surface area is 164 Å². The van der Waals surface area contributed by atoms with Gasteiger partial charge >= 0.3 is 0 Å². The SMILES string of the molecule is CN(C)CCCOc1ccc2c(c1)CCc1cc(=O)n(-c3ccccn3)nc1-2. The third-order valence-electron chi connectivity index (χ3n) is 4.89. The van der Waals surface area contributed by atoms with Crippen LogP contribution in [0.15, 0.2) is 53.5 Å². The van der Waals surface area contributed by atoms with E-state index in [1.165, 1.54) is 10.2 Å². The van der Waals surface area contributed by atoms with Crippen molar-refractivity contribution in [2.75, 3.05) is 27.2 Å². The molecule has 2 heterocycles. The zero-order chi connectivity index (χ0) is 19.5. The first-order valence-electron chi connectivity index (χ1n) is 9.57. The molecule has 0 atom stereocenters. The summed E-state index contributed by atoms with van der Waals surface area (Å²) in [5.74, 6) is 1.42. The lowest BCUT2D eigenvalue weighted by molar-refractivity contribution is 0.281. The summed E-state index contributed by atoms with van der Waals surface area (Å²) in [4.78, 5) is 18.9. The van der Waals surface area contributed by atoms with Crippen molar-refractivity contribution in [3.8, 4) is 22.8 Å². The molecule has 0 fully saturated rings. The minimum absolute atomic E-state index is 0.151. The molecule has 6 heteroatoms. The van der Waals surface area contributed by atoms with Crippen LogP contribution in [0.4, 0.5) is 0 Å². The zero-order valence-electron chi connectivity index (χ0n) is 16.3. The first-order valence-corrected chi connectivity index (χ1v) is 9.57. The van der Waals surface area contributed by atoms with Gasteiger partial charge in [0.2, 0.25) is 0 Å². The van der Waals surface area contributed by atoms with E-state index in [1.54, 1.807) is 18.3 Å². The summed E-state index contributed by atoms with van der Waals surface area (Å²) < 4.78 is 7.28. The summed E-state index contributed by atoms with van der Waals surface area (Å²) in [7, 11) is 4.13. The summed E-state index contributed by atoms with van der Waals surface area (Å²) in [6, 6.07) is 13.3. The lowest BCUT2D eigenvalue weighted by atomic mass is 9.89. The van der Waals surface area contributed by atoms with Crippen molar-refractivity contribution in [1.82, 2.24) is 19.7 Å². The minimum atomic E-state index is -0.151. The highest BCUT2D eigenvalue weighted by Gasteiger charge is 2.20. The number of hydrogen-bond donors (Lipinski definition) is 0. The Morgan fingerprint density at radius 3 is 2.75 bits per heavy atom. The Morgan fingerprint density at radius 2 is 1.96 bits per heavy atom. The van der Waals surface area contributed by atoms with Gasteiger partial charge in [-0.3, -0.25) is 4.79 Å². The highest BCUT2D eigenvalue weighted by Crippen LogP contribution is 2.33. The molecule has 28 heavy (non-hydrogen) atoms. The number of rotatable bonds is 6. The van der Waals surface area contributed by atoms with Crippen LogP contribution in [0.25, 0.3) is 17.1 Å². The number of ether oxygens (including phenoxy) is 1. The number of aryl methyl sites for hydroxylation is 2. The van der Waals surface area contributed by atoms with Crippen molar-refractivity contribution < 1.29 is 4.74 Å². The molecule has 0 amide bonds. The zero-order valence-corrected chi connectivity index (χ0v) is 16.3. The third kappa shape index (κ3) is 3.82. The van der Waals surface area contributed by atoms with E-state index in [1.807, 2.05) is 18.2 Å². The number of aromatic nitrogens is 3. The number of benzene rings is 1. The molecule has 6 nitrogen and oxygen atoms in total. The molecule has 144 valence electrons. The second-order valence-corrected chi connectivity index (χ2v) is 7.28. The minimum Gasteiger partial charge on any atom is -0.494 e. The number of fused-ring (bicyclic) bond motifs is 3. The van der Waals surface area contributed by atoms with Gasteiger partial charge in [0.25, 0.3) is 5.56 Å². The molecule has 0 N–H and O–H groups in total. The van der Waals surface area contributed by atoms with E-state index < -0.39 is 0 Å². The Morgan fingerprint density at radius 1 is 1.11 bits per heavy atom. The first-order chi connectivity index (χ1) is 13.6. The van der Waals surface area contributed by atoms with E-state index in [2.05, 4.69) is 41.2 Å². The molecule has 3 aromatic rings. The summed E-state index contributed by atoms with van der Waals surface area (Å²) in [5, 5.41) is 4.64. The Bertz CT molecular complexity index is 1030. The fraction of sp³-hybridized carbons (Fsp3) is 0.318. The normalized spacial score (nSPS) is 12.5. The Hall–Kier alpha value is -2.99. The van der Waals surface area contributed by atoms with Crippen molar-refractivity contribution in [1.29, 1.82) is 0 Å². The van der Waals surface area contributed by atoms with Crippen LogP contribution in [0, 0.1) is 0 Å². The van der Waals surface area contributed by atoms with Gasteiger partial charge in [-0.25, -0.2) is 4.98 Å². The molecule has 1 aliphatic rings. The van der Waals surface area contributed by atoms with Gasteiger partial charge in [-0.15, -0.1) is 0 Å². The van der Waals surface area contributed by atoms with Crippen molar-refractivity contribution in [2.24, 2.45) is 0 Å². The summed E-state index contributed by atoms with van der Waals surface area (Å²) in [5.41, 5.74) is 3.96. The second-order valence-electron chi connectivity index (χ2n) is 7.28. The van der Waals surface area contributed by atoms with Crippen molar-refractivity contribution in [2.45, 2.75) is 19.3 Å². The van der Waals surface area contributed by atoms with Crippen LogP contribution in [0.2, 0.25) is 0 Å². The quantitative estimate of drug-likeness (QED) is 0.619. The predicted octanol–water partition coefficient (Wildman–Crippen LogP) is 2.72. The standard InChI is InChI=1S/C22H24N4O2/c1-25(2)12-5-13-28-18-9-10-19-16(14-18)7-8-17-15-21(27)26(24-22(17)19)20-6-3-4-11-23-20/h3-4,6,9-11,14-15H,5,7-8,12-13H2,1-2H3. The number of hydrogen-bond acceptors (Lipinski definition) is 5. The lowest BCUT2D eigenvalue weighted by Gasteiger charge is -2.20. The Kier molecular flexibility index (Phi) is 5.21. The predicted molar refractivity (Wildman–Crippen MR) is 109 cm³/mol. The maximum absolute atomic E-state index is 12.5. The maximum atomic E-state index is 12.5. The molecular weight excluding hydrogens is 352 g/mol. The number of nitrogens with zero attached hydrogens (tertiary/aromatic N) is 4. The molecule has 0 aliphatic heterocycles. The first kappa shape index (κ1) is 18.4. The topological polar surface area (TPSA) is 60.2 Å². The van der Waals surface area contributed by atoms with Crippen LogP contribution in [-0.2, 0) is 12.8 Å². The third-order valence-corrected chi connectivity index (χ3v) is 4.89. The van der Waals surface area contributed by atoms with Crippen molar-refractivity contribution >= 4 is 0 Å². The molecule has 0 unspecified atom stereocenters. The molecule has 0 radical (unpaired) electrons. The number of pyridine rings is 1. The van der Waals surface area contributed by atoms with Crippen LogP contribution >= 0.6 is 0 Å². The van der Waals surface area contributed by atoms with Crippen LogP contribution in [0.3, 0.4) is 0 Å². The van der Waals surface area contributed by atoms with E-state index in [9.17, 15) is 4.79 Å². The van der Waals surface area contributed by atoms with Gasteiger partial charge in [-0.2, -0.15) is 9.78 Å². The molecule has 0 bridgehead atoms. The van der Waals surface area contributed by atoms with Gasteiger partial charge in [-0.05, 0) is 74.8 Å². The lowest BCUT2D eigenvalue weighted by Crippen LogP contribution is -2.24. The largest absolute Gasteiger partial charge is 0.494 e. The highest BCUT2D eigenvalue weighted by molar-refractivity contribution is 5.70. The molecule has 1 aromatic carbocycles. The van der Waals surface area contributed by atoms with Crippen LogP contribution < -0.4 is 10.3 Å². The fourth-order valence-electron chi connectivity index (χ4n) is 3.49. The summed E-state index contributed by atoms with van der Waals surface area (Å²) >= 11 is 0.